The average molecular weight is 516 g/mol. The number of H-pyrrole nitrogens is 2. The van der Waals surface area contributed by atoms with Crippen molar-refractivity contribution in [2.45, 2.75) is 0 Å². The quantitative estimate of drug-likeness (QED) is 0.0964. The third kappa shape index (κ3) is 11.5. The predicted octanol–water partition coefficient (Wildman–Crippen LogP) is -2.38. The molecule has 0 spiro atoms. The first-order chi connectivity index (χ1) is 16.6. The van der Waals surface area contributed by atoms with Crippen molar-refractivity contribution in [2.24, 2.45) is 0 Å². The largest absolute Gasteiger partial charge is 0.401 e. The normalized spacial score (nSPS) is 8.89. The number of nitrogen functional groups attached to an aromatic ring is 4. The van der Waals surface area contributed by atoms with Crippen LogP contribution in [0.5, 0.6) is 0 Å². The molecule has 0 fully saturated rings. The average Bonchev–Trinajstić information content (AvgIpc) is 2.76. The van der Waals surface area contributed by atoms with E-state index in [0.29, 0.717) is 17.5 Å². The second-order valence-corrected chi connectivity index (χ2v) is 5.73. The summed E-state index contributed by atoms with van der Waals surface area (Å²) in [6, 6.07) is 3.85. The number of nitrogens with two attached hydrogens (primary N) is 4. The second-order valence-electron chi connectivity index (χ2n) is 5.73. The summed E-state index contributed by atoms with van der Waals surface area (Å²) in [5.41, 5.74) is 20.4. The zero-order valence-electron chi connectivity index (χ0n) is 18.2. The van der Waals surface area contributed by atoms with Gasteiger partial charge in [0.15, 0.2) is 0 Å². The van der Waals surface area contributed by atoms with Crippen LogP contribution in [-0.4, -0.2) is 55.1 Å². The molecule has 11 N–H and O–H groups in total. The lowest BCUT2D eigenvalue weighted by Gasteiger charge is -2.03. The fourth-order valence-corrected chi connectivity index (χ4v) is 1.62. The topological polar surface area (TPSA) is 382 Å². The minimum absolute atomic E-state index is 0.0648. The maximum Gasteiger partial charge on any atom is 0.401 e. The number of nitriles is 2. The molecule has 0 aliphatic rings. The highest BCUT2D eigenvalue weighted by Gasteiger charge is 2.29. The number of anilines is 4. The minimum Gasteiger partial charge on any atom is -0.358 e. The number of aromatic amines is 2. The van der Waals surface area contributed by atoms with Crippen LogP contribution in [0, 0.1) is 62.8 Å². The molecule has 36 heavy (non-hydrogen) atoms. The van der Waals surface area contributed by atoms with Crippen LogP contribution in [0.4, 0.5) is 34.9 Å². The summed E-state index contributed by atoms with van der Waals surface area (Å²) in [4.78, 5) is 54.6. The summed E-state index contributed by atoms with van der Waals surface area (Å²) in [7, 11) is 1.73. The van der Waals surface area contributed by atoms with Gasteiger partial charge in [-0.1, -0.05) is 9.81 Å². The van der Waals surface area contributed by atoms with E-state index >= 15 is 0 Å². The Balaban J connectivity index is 0. The Morgan fingerprint density at radius 1 is 0.917 bits per heavy atom. The van der Waals surface area contributed by atoms with E-state index in [1.165, 1.54) is 12.4 Å². The van der Waals surface area contributed by atoms with Crippen LogP contribution < -0.4 is 31.8 Å². The van der Waals surface area contributed by atoms with Gasteiger partial charge >= 0.3 is 23.3 Å². The van der Waals surface area contributed by atoms with Gasteiger partial charge in [0, 0.05) is 8.85 Å². The fraction of sp³-hybridized carbons (Fsp3) is 0.231. The molecule has 0 bridgehead atoms. The Morgan fingerprint density at radius 2 is 1.25 bits per heavy atom. The van der Waals surface area contributed by atoms with E-state index in [9.17, 15) is 30.0 Å². The van der Waals surface area contributed by atoms with Crippen LogP contribution in [-0.2, 0) is 0 Å². The smallest absolute Gasteiger partial charge is 0.358 e. The van der Waals surface area contributed by atoms with Crippen LogP contribution in [0.1, 0.15) is 0 Å². The Hall–Kier alpha value is -6.10. The lowest BCUT2D eigenvalue weighted by atomic mass is 10.5. The van der Waals surface area contributed by atoms with Crippen LogP contribution in [0.3, 0.4) is 0 Å². The molecule has 0 aromatic carbocycles. The van der Waals surface area contributed by atoms with E-state index in [1.807, 2.05) is 12.1 Å². The Bertz CT molecular complexity index is 1190. The fourth-order valence-electron chi connectivity index (χ4n) is 1.62. The molecule has 2 rings (SSSR count). The van der Waals surface area contributed by atoms with Gasteiger partial charge in [0.1, 0.15) is 0 Å². The minimum atomic E-state index is -1.50. The van der Waals surface area contributed by atoms with Crippen molar-refractivity contribution in [2.75, 3.05) is 43.1 Å². The van der Waals surface area contributed by atoms with Crippen molar-refractivity contribution < 1.29 is 29.0 Å². The number of aromatic nitrogens is 4. The first-order valence-electron chi connectivity index (χ1n) is 8.55. The maximum absolute atomic E-state index is 11.1. The van der Waals surface area contributed by atoms with Crippen LogP contribution in [0.2, 0.25) is 0 Å². The molecule has 194 valence electrons. The highest BCUT2D eigenvalue weighted by Crippen LogP contribution is 2.21. The summed E-state index contributed by atoms with van der Waals surface area (Å²) in [5, 5.41) is 50.4. The van der Waals surface area contributed by atoms with E-state index in [-0.39, 0.29) is 16.1 Å². The number of rotatable bonds is 4. The molecule has 0 radical (unpaired) electrons. The summed E-state index contributed by atoms with van der Waals surface area (Å²) in [5.74, 6) is -3.52. The third-order valence-electron chi connectivity index (χ3n) is 3.14. The van der Waals surface area contributed by atoms with Crippen molar-refractivity contribution >= 4 is 34.9 Å². The molecule has 0 saturated carbocycles. The molecule has 0 amide bonds. The van der Waals surface area contributed by atoms with Crippen molar-refractivity contribution in [3.05, 3.63) is 52.6 Å². The molecule has 0 unspecified atom stereocenters. The second kappa shape index (κ2) is 15.7. The standard InChI is InChI=1S/C5H7N3.C4H5N6O5.C4H7N4O.HNO3/c1-8(4-2-6)5-3-7;5-1-3(9(12)13)7-4(10(14)15)2(6)8(1)11;5-3-1-7-2-4(6)8(3)9;2-1(3)4/h4-5H2,1H3;5-6H2,(H,7,11);1-2H,5-6H2,(H,7,9);(H,2,3,4)/q;2*+1;. The van der Waals surface area contributed by atoms with Crippen LogP contribution in [0.25, 0.3) is 0 Å². The van der Waals surface area contributed by atoms with Crippen LogP contribution >= 0.6 is 0 Å². The molecule has 23 heteroatoms. The van der Waals surface area contributed by atoms with Crippen molar-refractivity contribution in [1.82, 2.24) is 14.9 Å². The number of nitrogens with zero attached hydrogens (tertiary/aromatic N) is 8. The highest BCUT2D eigenvalue weighted by atomic mass is 16.9. The van der Waals surface area contributed by atoms with Gasteiger partial charge in [0.05, 0.1) is 37.6 Å². The first kappa shape index (κ1) is 32.1. The third-order valence-corrected chi connectivity index (χ3v) is 3.14. The van der Waals surface area contributed by atoms with E-state index in [2.05, 4.69) is 4.98 Å². The summed E-state index contributed by atoms with van der Waals surface area (Å²) < 4.78 is 0.156. The zero-order chi connectivity index (χ0) is 28.6. The Morgan fingerprint density at radius 3 is 1.50 bits per heavy atom. The van der Waals surface area contributed by atoms with Gasteiger partial charge in [-0.05, 0) is 16.9 Å². The number of nitrogens with one attached hydrogen (secondary N) is 2. The maximum atomic E-state index is 11.1. The molecule has 23 nitrogen and oxygen atoms in total. The molecule has 2 aromatic heterocycles. The van der Waals surface area contributed by atoms with E-state index in [1.54, 1.807) is 16.9 Å². The molecule has 0 saturated heterocycles. The summed E-state index contributed by atoms with van der Waals surface area (Å²) >= 11 is 0. The number of nitro groups is 2. The van der Waals surface area contributed by atoms with Gasteiger partial charge in [-0.25, -0.2) is 0 Å². The molecular weight excluding hydrogens is 496 g/mol. The lowest BCUT2D eigenvalue weighted by Crippen LogP contribution is -2.28. The zero-order valence-corrected chi connectivity index (χ0v) is 18.2. The lowest BCUT2D eigenvalue weighted by molar-refractivity contribution is -0.742. The van der Waals surface area contributed by atoms with Gasteiger partial charge in [-0.15, -0.1) is 10.1 Å². The number of hydrogen-bond donors (Lipinski definition) is 7. The summed E-state index contributed by atoms with van der Waals surface area (Å²) in [6.45, 7) is 0.654. The molecule has 2 heterocycles. The van der Waals surface area contributed by atoms with Crippen LogP contribution in [0.15, 0.2) is 12.4 Å². The molecule has 2 aromatic rings. The van der Waals surface area contributed by atoms with Gasteiger partial charge in [0.25, 0.3) is 16.7 Å². The van der Waals surface area contributed by atoms with Crippen molar-refractivity contribution in [1.29, 1.82) is 10.5 Å². The highest BCUT2D eigenvalue weighted by molar-refractivity contribution is 5.51. The summed E-state index contributed by atoms with van der Waals surface area (Å²) in [6.07, 6.45) is 2.73. The van der Waals surface area contributed by atoms with Gasteiger partial charge in [0.2, 0.25) is 0 Å². The van der Waals surface area contributed by atoms with Gasteiger partial charge in [-0.2, -0.15) is 15.5 Å². The van der Waals surface area contributed by atoms with Gasteiger partial charge < -0.3 is 53.4 Å². The van der Waals surface area contributed by atoms with E-state index in [4.69, 9.17) is 48.8 Å². The Labute approximate surface area is 198 Å². The molecule has 0 atom stereocenters. The number of hydrogen-bond acceptors (Lipinski definition) is 15. The molecule has 0 aliphatic carbocycles. The molecule has 0 aliphatic heterocycles. The Kier molecular flexibility index (Phi) is 14.0. The SMILES string of the molecule is CN(CC#N)CC#N.Nc1c([N+](=O)[O-])[nH]c([N+](=O)[O-])c(N)[n+]1=O.Nc1c[nH]cc(N)[n+]1=O.O=[N+]([O-])O. The van der Waals surface area contributed by atoms with Crippen molar-refractivity contribution in [3.63, 3.8) is 0 Å². The first-order valence-corrected chi connectivity index (χ1v) is 8.55. The monoisotopic (exact) mass is 516 g/mol. The van der Waals surface area contributed by atoms with E-state index < -0.39 is 38.2 Å². The van der Waals surface area contributed by atoms with Crippen molar-refractivity contribution in [3.8, 4) is 12.1 Å². The predicted molar refractivity (Wildman–Crippen MR) is 117 cm³/mol. The molecular formula is C13H20N14O9+2. The van der Waals surface area contributed by atoms with Gasteiger partial charge in [-0.3, -0.25) is 4.90 Å². The van der Waals surface area contributed by atoms with E-state index in [0.717, 1.165) is 0 Å².